The van der Waals surface area contributed by atoms with Crippen LogP contribution in [0, 0.1) is 16.0 Å². The van der Waals surface area contributed by atoms with Crippen molar-refractivity contribution in [1.82, 2.24) is 0 Å². The van der Waals surface area contributed by atoms with Crippen LogP contribution in [0.4, 0.5) is 11.4 Å². The van der Waals surface area contributed by atoms with Gasteiger partial charge in [0.2, 0.25) is 0 Å². The quantitative estimate of drug-likeness (QED) is 0.634. The highest BCUT2D eigenvalue weighted by atomic mass is 16.6. The molecule has 0 radical (unpaired) electrons. The fourth-order valence-corrected chi connectivity index (χ4v) is 3.19. The molecule has 6 nitrogen and oxygen atoms in total. The summed E-state index contributed by atoms with van der Waals surface area (Å²) in [4.78, 5) is 23.3. The summed E-state index contributed by atoms with van der Waals surface area (Å²) in [6.45, 7) is 3.29. The summed E-state index contributed by atoms with van der Waals surface area (Å²) >= 11 is 0. The zero-order valence-corrected chi connectivity index (χ0v) is 13.4. The SMILES string of the molecule is CC(=O)C1C(C)=NN(c2ccccc2)C1c1ccccc1[N+](=O)[O-]. The molecular weight excluding hydrogens is 306 g/mol. The first-order valence-electron chi connectivity index (χ1n) is 7.64. The van der Waals surface area contributed by atoms with Crippen LogP contribution in [0.25, 0.3) is 0 Å². The van der Waals surface area contributed by atoms with E-state index in [1.807, 2.05) is 30.3 Å². The average Bonchev–Trinajstić information content (AvgIpc) is 2.93. The number of benzene rings is 2. The van der Waals surface area contributed by atoms with Crippen LogP contribution in [-0.4, -0.2) is 16.4 Å². The number of Topliss-reactive ketones (excluding diaryl/α,β-unsaturated/α-hetero) is 1. The van der Waals surface area contributed by atoms with Gasteiger partial charge in [-0.1, -0.05) is 30.3 Å². The molecule has 0 saturated heterocycles. The first-order chi connectivity index (χ1) is 11.5. The largest absolute Gasteiger partial charge is 0.299 e. The molecule has 24 heavy (non-hydrogen) atoms. The highest BCUT2D eigenvalue weighted by molar-refractivity contribution is 6.06. The number of nitrogens with zero attached hydrogens (tertiary/aromatic N) is 3. The van der Waals surface area contributed by atoms with Crippen LogP contribution in [0.3, 0.4) is 0 Å². The molecule has 0 amide bonds. The van der Waals surface area contributed by atoms with Crippen LogP contribution in [0.5, 0.6) is 0 Å². The molecule has 0 fully saturated rings. The predicted molar refractivity (Wildman–Crippen MR) is 92.0 cm³/mol. The van der Waals surface area contributed by atoms with Gasteiger partial charge in [-0.25, -0.2) is 0 Å². The van der Waals surface area contributed by atoms with Crippen molar-refractivity contribution in [2.24, 2.45) is 11.0 Å². The molecule has 2 unspecified atom stereocenters. The van der Waals surface area contributed by atoms with Gasteiger partial charge in [0.1, 0.15) is 5.78 Å². The third-order valence-electron chi connectivity index (χ3n) is 4.21. The fraction of sp³-hybridized carbons (Fsp3) is 0.222. The second-order valence-corrected chi connectivity index (χ2v) is 5.77. The Labute approximate surface area is 139 Å². The van der Waals surface area contributed by atoms with Gasteiger partial charge in [0.25, 0.3) is 5.69 Å². The van der Waals surface area contributed by atoms with E-state index in [1.165, 1.54) is 13.0 Å². The van der Waals surface area contributed by atoms with Crippen molar-refractivity contribution in [1.29, 1.82) is 0 Å². The molecule has 0 bridgehead atoms. The standard InChI is InChI=1S/C18H17N3O3/c1-12-17(13(2)22)18(15-10-6-7-11-16(15)21(23)24)20(19-12)14-8-4-3-5-9-14/h3-11,17-18H,1-2H3. The summed E-state index contributed by atoms with van der Waals surface area (Å²) in [6, 6.07) is 15.4. The van der Waals surface area contributed by atoms with Crippen molar-refractivity contribution in [3.63, 3.8) is 0 Å². The zero-order chi connectivity index (χ0) is 17.3. The Morgan fingerprint density at radius 2 is 1.75 bits per heavy atom. The number of carbonyl (C=O) groups is 1. The van der Waals surface area contributed by atoms with Gasteiger partial charge < -0.3 is 0 Å². The molecule has 1 aliphatic rings. The molecule has 2 aromatic rings. The minimum atomic E-state index is -0.522. The van der Waals surface area contributed by atoms with E-state index in [2.05, 4.69) is 5.10 Å². The van der Waals surface area contributed by atoms with Gasteiger partial charge in [-0.3, -0.25) is 19.9 Å². The first kappa shape index (κ1) is 15.9. The van der Waals surface area contributed by atoms with E-state index < -0.39 is 16.9 Å². The van der Waals surface area contributed by atoms with Crippen molar-refractivity contribution < 1.29 is 9.72 Å². The average molecular weight is 323 g/mol. The summed E-state index contributed by atoms with van der Waals surface area (Å²) in [7, 11) is 0. The molecule has 0 aliphatic carbocycles. The van der Waals surface area contributed by atoms with Gasteiger partial charge in [-0.05, 0) is 32.0 Å². The van der Waals surface area contributed by atoms with Crippen LogP contribution < -0.4 is 5.01 Å². The Morgan fingerprint density at radius 3 is 2.38 bits per heavy atom. The summed E-state index contributed by atoms with van der Waals surface area (Å²) in [6.07, 6.45) is 0. The number of para-hydroxylation sites is 2. The molecule has 2 aromatic carbocycles. The van der Waals surface area contributed by atoms with Crippen molar-refractivity contribution >= 4 is 22.9 Å². The van der Waals surface area contributed by atoms with E-state index in [4.69, 9.17) is 0 Å². The Balaban J connectivity index is 2.17. The van der Waals surface area contributed by atoms with Gasteiger partial charge in [0.05, 0.1) is 28.1 Å². The monoisotopic (exact) mass is 323 g/mol. The van der Waals surface area contributed by atoms with Crippen LogP contribution in [0.2, 0.25) is 0 Å². The minimum Gasteiger partial charge on any atom is -0.299 e. The van der Waals surface area contributed by atoms with Gasteiger partial charge in [0, 0.05) is 11.8 Å². The van der Waals surface area contributed by atoms with Crippen molar-refractivity contribution in [2.45, 2.75) is 19.9 Å². The minimum absolute atomic E-state index is 0.000388. The lowest BCUT2D eigenvalue weighted by atomic mass is 9.86. The molecule has 3 rings (SSSR count). The van der Waals surface area contributed by atoms with E-state index in [1.54, 1.807) is 30.1 Å². The Morgan fingerprint density at radius 1 is 1.12 bits per heavy atom. The van der Waals surface area contributed by atoms with Gasteiger partial charge in [-0.2, -0.15) is 5.10 Å². The Kier molecular flexibility index (Phi) is 4.12. The molecular formula is C18H17N3O3. The molecule has 6 heteroatoms. The summed E-state index contributed by atoms with van der Waals surface area (Å²) in [5, 5.41) is 17.7. The second kappa shape index (κ2) is 6.23. The van der Waals surface area contributed by atoms with Gasteiger partial charge >= 0.3 is 0 Å². The number of nitro benzene ring substituents is 1. The smallest absolute Gasteiger partial charge is 0.274 e. The lowest BCUT2D eigenvalue weighted by Crippen LogP contribution is -2.30. The molecule has 0 saturated carbocycles. The molecule has 1 heterocycles. The number of hydrazone groups is 1. The van der Waals surface area contributed by atoms with Crippen LogP contribution in [0.1, 0.15) is 25.5 Å². The molecule has 0 N–H and O–H groups in total. The van der Waals surface area contributed by atoms with E-state index >= 15 is 0 Å². The number of nitro groups is 1. The number of rotatable bonds is 4. The van der Waals surface area contributed by atoms with Crippen molar-refractivity contribution in [3.8, 4) is 0 Å². The fourth-order valence-electron chi connectivity index (χ4n) is 3.19. The molecule has 122 valence electrons. The second-order valence-electron chi connectivity index (χ2n) is 5.77. The van der Waals surface area contributed by atoms with E-state index in [0.29, 0.717) is 11.3 Å². The number of anilines is 1. The lowest BCUT2D eigenvalue weighted by molar-refractivity contribution is -0.385. The molecule has 0 aromatic heterocycles. The Hall–Kier alpha value is -3.02. The van der Waals surface area contributed by atoms with Gasteiger partial charge in [-0.15, -0.1) is 0 Å². The number of ketones is 1. The Bertz CT molecular complexity index is 817. The van der Waals surface area contributed by atoms with Gasteiger partial charge in [0.15, 0.2) is 0 Å². The van der Waals surface area contributed by atoms with Crippen LogP contribution in [0.15, 0.2) is 59.7 Å². The van der Waals surface area contributed by atoms with E-state index in [0.717, 1.165) is 5.69 Å². The predicted octanol–water partition coefficient (Wildman–Crippen LogP) is 3.74. The third-order valence-corrected chi connectivity index (χ3v) is 4.21. The normalized spacial score (nSPS) is 19.9. The van der Waals surface area contributed by atoms with Crippen molar-refractivity contribution in [3.05, 3.63) is 70.3 Å². The first-order valence-corrected chi connectivity index (χ1v) is 7.64. The van der Waals surface area contributed by atoms with E-state index in [9.17, 15) is 14.9 Å². The number of hydrogen-bond donors (Lipinski definition) is 0. The number of hydrogen-bond acceptors (Lipinski definition) is 5. The van der Waals surface area contributed by atoms with Crippen molar-refractivity contribution in [2.75, 3.05) is 5.01 Å². The molecule has 0 spiro atoms. The number of carbonyl (C=O) groups excluding carboxylic acids is 1. The summed E-state index contributed by atoms with van der Waals surface area (Å²) in [5.41, 5.74) is 1.95. The highest BCUT2D eigenvalue weighted by Gasteiger charge is 2.42. The maximum atomic E-state index is 12.2. The van der Waals surface area contributed by atoms with Crippen LogP contribution in [-0.2, 0) is 4.79 Å². The lowest BCUT2D eigenvalue weighted by Gasteiger charge is -2.27. The third kappa shape index (κ3) is 2.67. The molecule has 2 atom stereocenters. The topological polar surface area (TPSA) is 75.8 Å². The summed E-state index contributed by atoms with van der Waals surface area (Å²) < 4.78 is 0. The zero-order valence-electron chi connectivity index (χ0n) is 13.4. The summed E-state index contributed by atoms with van der Waals surface area (Å²) in [5.74, 6) is -0.566. The maximum absolute atomic E-state index is 12.2. The maximum Gasteiger partial charge on any atom is 0.274 e. The van der Waals surface area contributed by atoms with E-state index in [-0.39, 0.29) is 11.5 Å². The molecule has 1 aliphatic heterocycles. The van der Waals surface area contributed by atoms with Crippen LogP contribution >= 0.6 is 0 Å². The highest BCUT2D eigenvalue weighted by Crippen LogP contribution is 2.42.